The molecule has 20 nitrogen and oxygen atoms in total. The highest BCUT2D eigenvalue weighted by molar-refractivity contribution is 8.76. The third-order valence-electron chi connectivity index (χ3n) is 13.2. The Balaban J connectivity index is 0.982. The van der Waals surface area contributed by atoms with E-state index < -0.39 is 83.5 Å². The number of carbonyl (C=O) groups is 8. The van der Waals surface area contributed by atoms with Crippen molar-refractivity contribution >= 4 is 69.7 Å². The van der Waals surface area contributed by atoms with E-state index in [-0.39, 0.29) is 62.5 Å². The summed E-state index contributed by atoms with van der Waals surface area (Å²) >= 11 is 0. The summed E-state index contributed by atoms with van der Waals surface area (Å²) in [6, 6.07) is 27.3. The fraction of sp³-hybridized carbons (Fsp3) is 0.467. The van der Waals surface area contributed by atoms with Crippen molar-refractivity contribution in [3.63, 3.8) is 0 Å². The number of hydrogen-bond acceptors (Lipinski definition) is 16. The predicted octanol–water partition coefficient (Wildman–Crippen LogP) is 8.89. The molecule has 4 aromatic rings. The van der Waals surface area contributed by atoms with Crippen molar-refractivity contribution in [1.29, 1.82) is 0 Å². The van der Waals surface area contributed by atoms with Crippen LogP contribution in [0.3, 0.4) is 0 Å². The Bertz CT molecular complexity index is 2590. The summed E-state index contributed by atoms with van der Waals surface area (Å²) in [7, 11) is 4.52. The summed E-state index contributed by atoms with van der Waals surface area (Å²) < 4.78 is 32.2. The molecule has 6 amide bonds. The summed E-state index contributed by atoms with van der Waals surface area (Å²) in [5.41, 5.74) is 6.97. The first-order chi connectivity index (χ1) is 39.2. The third kappa shape index (κ3) is 19.1. The first kappa shape index (κ1) is 63.7. The Hall–Kier alpha value is -7.46. The fourth-order valence-corrected chi connectivity index (χ4v) is 11.8. The summed E-state index contributed by atoms with van der Waals surface area (Å²) in [6.07, 6.45) is -1.12. The molecule has 0 saturated carbocycles. The molecule has 0 aliphatic heterocycles. The Morgan fingerprint density at radius 1 is 0.439 bits per heavy atom. The second kappa shape index (κ2) is 30.6. The Labute approximate surface area is 487 Å². The number of carbonyl (C=O) groups excluding carboxylic acids is 8. The van der Waals surface area contributed by atoms with Crippen LogP contribution in [0.4, 0.5) is 19.2 Å². The summed E-state index contributed by atoms with van der Waals surface area (Å²) in [4.78, 5) is 106. The number of esters is 2. The van der Waals surface area contributed by atoms with E-state index in [1.165, 1.54) is 14.2 Å². The quantitative estimate of drug-likeness (QED) is 0.0141. The molecule has 22 heteroatoms. The van der Waals surface area contributed by atoms with Crippen molar-refractivity contribution < 1.29 is 66.8 Å². The van der Waals surface area contributed by atoms with Gasteiger partial charge in [0.15, 0.2) is 0 Å². The van der Waals surface area contributed by atoms with Gasteiger partial charge in [0.25, 0.3) is 0 Å². The number of fused-ring (bicyclic) bond motifs is 6. The topological polar surface area (TPSA) is 264 Å². The molecule has 4 atom stereocenters. The molecule has 82 heavy (non-hydrogen) atoms. The number of methoxy groups -OCH3 is 2. The molecule has 0 saturated heterocycles. The highest BCUT2D eigenvalue weighted by Gasteiger charge is 2.34. The molecule has 442 valence electrons. The lowest BCUT2D eigenvalue weighted by atomic mass is 9.98. The van der Waals surface area contributed by atoms with Crippen LogP contribution < -0.4 is 31.9 Å². The molecule has 6 rings (SSSR count). The molecule has 0 aromatic heterocycles. The first-order valence-electron chi connectivity index (χ1n) is 27.3. The number of benzene rings is 4. The van der Waals surface area contributed by atoms with Crippen LogP contribution in [0.1, 0.15) is 114 Å². The number of hydrogen-bond donors (Lipinski definition) is 6. The molecule has 2 aliphatic carbocycles. The van der Waals surface area contributed by atoms with Crippen molar-refractivity contribution in [1.82, 2.24) is 31.9 Å². The summed E-state index contributed by atoms with van der Waals surface area (Å²) in [6.45, 7) is 10.7. The number of nitrogens with one attached hydrogen (secondary N) is 6. The van der Waals surface area contributed by atoms with Gasteiger partial charge in [0.2, 0.25) is 11.8 Å². The van der Waals surface area contributed by atoms with Gasteiger partial charge >= 0.3 is 36.3 Å². The standard InChI is InChI=1S/C60H76N6O14S2/c1-59(2,3)79-57(73)65-49(51(67)63-47(53(69)75-7)29-17-19-31-61-55(71)77-33-45-41-25-13-9-21-37(41)38-22-10-14-26-42(38)45)35-81-82-36-50(66-58(74)80-60(4,5)6)52(68)64-48(54(70)76-8)30-18-20-32-62-56(72)78-34-46-43-27-15-11-23-39(43)40-24-12-16-28-44(40)46/h9-16,21-28,45-50H,17-20,29-36H2,1-8H3,(H,61,71)(H,62,72)(H,63,67)(H,64,68)(H,65,73)(H,66,74)/t47-,48-,49-,50-/m0/s1. The van der Waals surface area contributed by atoms with Gasteiger partial charge < -0.3 is 60.3 Å². The molecule has 0 heterocycles. The van der Waals surface area contributed by atoms with Gasteiger partial charge in [-0.3, -0.25) is 9.59 Å². The highest BCUT2D eigenvalue weighted by Crippen LogP contribution is 2.45. The molecule has 0 bridgehead atoms. The van der Waals surface area contributed by atoms with Gasteiger partial charge in [-0.1, -0.05) is 119 Å². The lowest BCUT2D eigenvalue weighted by Crippen LogP contribution is -2.54. The number of amides is 6. The highest BCUT2D eigenvalue weighted by atomic mass is 33.1. The second-order valence-electron chi connectivity index (χ2n) is 21.6. The van der Waals surface area contributed by atoms with E-state index in [4.69, 9.17) is 28.4 Å². The minimum Gasteiger partial charge on any atom is -0.467 e. The smallest absolute Gasteiger partial charge is 0.408 e. The molecule has 2 aliphatic rings. The van der Waals surface area contributed by atoms with Crippen LogP contribution in [0.5, 0.6) is 0 Å². The van der Waals surface area contributed by atoms with Gasteiger partial charge in [0.05, 0.1) is 14.2 Å². The van der Waals surface area contributed by atoms with Crippen LogP contribution in [0.15, 0.2) is 97.1 Å². The van der Waals surface area contributed by atoms with E-state index in [2.05, 4.69) is 56.2 Å². The molecular weight excluding hydrogens is 1090 g/mol. The van der Waals surface area contributed by atoms with Crippen molar-refractivity contribution in [2.45, 2.75) is 127 Å². The minimum absolute atomic E-state index is 0.101. The SMILES string of the molecule is COC(=O)[C@H](CCCCNC(=O)OCC1c2ccccc2-c2ccccc21)NC(=O)[C@H](CSSC[C@H](NC(=O)OC(C)(C)C)C(=O)N[C@@H](CCCCNC(=O)OCC1c2ccccc2-c2ccccc21)C(=O)OC)NC(=O)OC(C)(C)C. The van der Waals surface area contributed by atoms with Crippen LogP contribution in [0, 0.1) is 0 Å². The van der Waals surface area contributed by atoms with Crippen molar-refractivity contribution in [3.05, 3.63) is 119 Å². The zero-order chi connectivity index (χ0) is 59.4. The maximum Gasteiger partial charge on any atom is 0.408 e. The van der Waals surface area contributed by atoms with Gasteiger partial charge in [-0.25, -0.2) is 28.8 Å². The number of alkyl carbamates (subject to hydrolysis) is 4. The summed E-state index contributed by atoms with van der Waals surface area (Å²) in [5.74, 6) is -3.34. The summed E-state index contributed by atoms with van der Waals surface area (Å²) in [5, 5.41) is 16.0. The molecular formula is C60H76N6O14S2. The molecule has 4 aromatic carbocycles. The van der Waals surface area contributed by atoms with E-state index in [9.17, 15) is 38.4 Å². The van der Waals surface area contributed by atoms with Crippen LogP contribution in [-0.2, 0) is 47.6 Å². The van der Waals surface area contributed by atoms with E-state index in [0.717, 1.165) is 66.1 Å². The van der Waals surface area contributed by atoms with Gasteiger partial charge in [0, 0.05) is 36.4 Å². The average Bonchev–Trinajstić information content (AvgIpc) is 3.03. The Morgan fingerprint density at radius 2 is 0.756 bits per heavy atom. The maximum atomic E-state index is 13.9. The maximum absolute atomic E-state index is 13.9. The third-order valence-corrected chi connectivity index (χ3v) is 15.7. The zero-order valence-corrected chi connectivity index (χ0v) is 49.4. The second-order valence-corrected chi connectivity index (χ2v) is 24.2. The van der Waals surface area contributed by atoms with Crippen LogP contribution in [0.25, 0.3) is 22.3 Å². The number of rotatable bonds is 27. The lowest BCUT2D eigenvalue weighted by molar-refractivity contribution is -0.145. The lowest BCUT2D eigenvalue weighted by Gasteiger charge is -2.25. The largest absolute Gasteiger partial charge is 0.467 e. The first-order valence-corrected chi connectivity index (χ1v) is 29.8. The van der Waals surface area contributed by atoms with Crippen molar-refractivity contribution in [3.8, 4) is 22.3 Å². The Morgan fingerprint density at radius 3 is 1.06 bits per heavy atom. The van der Waals surface area contributed by atoms with Crippen molar-refractivity contribution in [2.24, 2.45) is 0 Å². The number of ether oxygens (including phenoxy) is 6. The van der Waals surface area contributed by atoms with Gasteiger partial charge in [0.1, 0.15) is 48.6 Å². The van der Waals surface area contributed by atoms with Crippen LogP contribution in [0.2, 0.25) is 0 Å². The van der Waals surface area contributed by atoms with E-state index >= 15 is 0 Å². The molecule has 6 N–H and O–H groups in total. The molecule has 0 unspecified atom stereocenters. The minimum atomic E-state index is -1.27. The van der Waals surface area contributed by atoms with Gasteiger partial charge in [-0.05, 0) is 125 Å². The molecule has 0 radical (unpaired) electrons. The van der Waals surface area contributed by atoms with Gasteiger partial charge in [-0.15, -0.1) is 0 Å². The van der Waals surface area contributed by atoms with Crippen LogP contribution >= 0.6 is 21.6 Å². The van der Waals surface area contributed by atoms with Crippen LogP contribution in [-0.4, -0.2) is 136 Å². The van der Waals surface area contributed by atoms with Crippen molar-refractivity contribution in [2.75, 3.05) is 52.0 Å². The average molecular weight is 1170 g/mol. The van der Waals surface area contributed by atoms with E-state index in [0.29, 0.717) is 25.7 Å². The molecule has 0 spiro atoms. The Kier molecular flexibility index (Phi) is 23.7. The normalized spacial score (nSPS) is 13.9. The number of unbranched alkanes of at least 4 members (excludes halogenated alkanes) is 2. The molecule has 0 fully saturated rings. The monoisotopic (exact) mass is 1170 g/mol. The van der Waals surface area contributed by atoms with Gasteiger partial charge in [-0.2, -0.15) is 0 Å². The van der Waals surface area contributed by atoms with E-state index in [1.807, 2.05) is 72.8 Å². The predicted molar refractivity (Wildman–Crippen MR) is 313 cm³/mol. The van der Waals surface area contributed by atoms with E-state index in [1.54, 1.807) is 41.5 Å². The zero-order valence-electron chi connectivity index (χ0n) is 47.7. The fourth-order valence-electron chi connectivity index (χ4n) is 9.45.